The molecular formula is C13H16Cl5NO2. The van der Waals surface area contributed by atoms with Crippen molar-refractivity contribution in [3.63, 3.8) is 0 Å². The van der Waals surface area contributed by atoms with Gasteiger partial charge >= 0.3 is 0 Å². The number of rotatable bonds is 9. The van der Waals surface area contributed by atoms with Crippen LogP contribution in [-0.4, -0.2) is 32.9 Å². The summed E-state index contributed by atoms with van der Waals surface area (Å²) >= 11 is 29.9. The van der Waals surface area contributed by atoms with Gasteiger partial charge < -0.3 is 14.8 Å². The smallest absolute Gasteiger partial charge is 0.159 e. The monoisotopic (exact) mass is 393 g/mol. The van der Waals surface area contributed by atoms with Crippen LogP contribution >= 0.6 is 58.0 Å². The SMILES string of the molecule is CCOCCCNCCOc1c(Cl)c(Cl)c(Cl)c(Cl)c1Cl. The summed E-state index contributed by atoms with van der Waals surface area (Å²) in [6.07, 6.45) is 0.938. The molecule has 1 N–H and O–H groups in total. The van der Waals surface area contributed by atoms with E-state index in [0.717, 1.165) is 26.2 Å². The molecule has 0 aliphatic rings. The minimum Gasteiger partial charge on any atom is -0.489 e. The number of benzene rings is 1. The Balaban J connectivity index is 2.43. The van der Waals surface area contributed by atoms with Crippen LogP contribution in [0.25, 0.3) is 0 Å². The second kappa shape index (κ2) is 10.2. The fourth-order valence-corrected chi connectivity index (χ4v) is 2.74. The minimum absolute atomic E-state index is 0.120. The van der Waals surface area contributed by atoms with E-state index in [1.54, 1.807) is 0 Å². The average Bonchev–Trinajstić information content (AvgIpc) is 2.49. The molecule has 0 atom stereocenters. The first-order chi connectivity index (χ1) is 10.0. The van der Waals surface area contributed by atoms with E-state index in [-0.39, 0.29) is 30.9 Å². The number of nitrogens with one attached hydrogen (secondary N) is 1. The maximum Gasteiger partial charge on any atom is 0.159 e. The van der Waals surface area contributed by atoms with Crippen molar-refractivity contribution in [2.45, 2.75) is 13.3 Å². The molecular weight excluding hydrogens is 379 g/mol. The van der Waals surface area contributed by atoms with Crippen LogP contribution in [0.5, 0.6) is 5.75 Å². The summed E-state index contributed by atoms with van der Waals surface area (Å²) in [4.78, 5) is 0. The minimum atomic E-state index is 0.120. The largest absolute Gasteiger partial charge is 0.489 e. The van der Waals surface area contributed by atoms with Crippen molar-refractivity contribution in [2.75, 3.05) is 32.9 Å². The molecule has 0 spiro atoms. The Morgan fingerprint density at radius 2 is 1.38 bits per heavy atom. The predicted octanol–water partition coefficient (Wildman–Crippen LogP) is 5.35. The summed E-state index contributed by atoms with van der Waals surface area (Å²) in [5.74, 6) is 0.244. The normalized spacial score (nSPS) is 11.0. The highest BCUT2D eigenvalue weighted by molar-refractivity contribution is 6.55. The summed E-state index contributed by atoms with van der Waals surface area (Å²) < 4.78 is 10.8. The van der Waals surface area contributed by atoms with Crippen LogP contribution in [0.2, 0.25) is 25.1 Å². The Morgan fingerprint density at radius 3 is 1.95 bits per heavy atom. The van der Waals surface area contributed by atoms with Crippen LogP contribution in [0.15, 0.2) is 0 Å². The van der Waals surface area contributed by atoms with Gasteiger partial charge in [0.2, 0.25) is 0 Å². The Morgan fingerprint density at radius 1 is 0.810 bits per heavy atom. The van der Waals surface area contributed by atoms with E-state index in [1.807, 2.05) is 6.92 Å². The third-order valence-electron chi connectivity index (χ3n) is 2.54. The lowest BCUT2D eigenvalue weighted by Gasteiger charge is -2.14. The summed E-state index contributed by atoms with van der Waals surface area (Å²) in [6, 6.07) is 0. The van der Waals surface area contributed by atoms with Gasteiger partial charge in [-0.1, -0.05) is 58.0 Å². The van der Waals surface area contributed by atoms with E-state index in [0.29, 0.717) is 13.2 Å². The van der Waals surface area contributed by atoms with Crippen LogP contribution in [-0.2, 0) is 4.74 Å². The lowest BCUT2D eigenvalue weighted by molar-refractivity contribution is 0.144. The summed E-state index contributed by atoms with van der Waals surface area (Å²) in [6.45, 7) is 5.30. The molecule has 0 unspecified atom stereocenters. The Kier molecular flexibility index (Phi) is 9.46. The summed E-state index contributed by atoms with van der Waals surface area (Å²) in [5, 5.41) is 3.91. The second-order valence-corrected chi connectivity index (χ2v) is 5.94. The molecule has 1 rings (SSSR count). The average molecular weight is 396 g/mol. The van der Waals surface area contributed by atoms with E-state index in [9.17, 15) is 0 Å². The standard InChI is InChI=1S/C13H16Cl5NO2/c1-2-20-6-3-4-19-5-7-21-13-11(17)9(15)8(14)10(16)12(13)18/h19H,2-7H2,1H3. The highest BCUT2D eigenvalue weighted by atomic mass is 35.5. The number of ether oxygens (including phenoxy) is 2. The van der Waals surface area contributed by atoms with Crippen molar-refractivity contribution in [3.05, 3.63) is 25.1 Å². The van der Waals surface area contributed by atoms with Crippen molar-refractivity contribution in [3.8, 4) is 5.75 Å². The zero-order valence-electron chi connectivity index (χ0n) is 11.4. The maximum atomic E-state index is 6.05. The molecule has 0 saturated heterocycles. The number of hydrogen-bond acceptors (Lipinski definition) is 3. The van der Waals surface area contributed by atoms with Gasteiger partial charge in [-0.2, -0.15) is 0 Å². The summed E-state index contributed by atoms with van der Waals surface area (Å²) in [7, 11) is 0. The molecule has 0 aliphatic heterocycles. The van der Waals surface area contributed by atoms with Gasteiger partial charge in [0.15, 0.2) is 5.75 Å². The third-order valence-corrected chi connectivity index (χ3v) is 4.78. The van der Waals surface area contributed by atoms with Crippen molar-refractivity contribution in [1.29, 1.82) is 0 Å². The number of hydrogen-bond donors (Lipinski definition) is 1. The van der Waals surface area contributed by atoms with E-state index in [2.05, 4.69) is 5.32 Å². The van der Waals surface area contributed by atoms with Gasteiger partial charge in [-0.15, -0.1) is 0 Å². The zero-order valence-corrected chi connectivity index (χ0v) is 15.2. The highest BCUT2D eigenvalue weighted by Crippen LogP contribution is 2.48. The molecule has 0 bridgehead atoms. The fourth-order valence-electron chi connectivity index (χ4n) is 1.51. The Labute approximate surface area is 149 Å². The molecule has 0 fully saturated rings. The Hall–Kier alpha value is 0.390. The van der Waals surface area contributed by atoms with Crippen molar-refractivity contribution in [1.82, 2.24) is 5.32 Å². The molecule has 0 radical (unpaired) electrons. The third kappa shape index (κ3) is 5.83. The van der Waals surface area contributed by atoms with Gasteiger partial charge in [0.25, 0.3) is 0 Å². The lowest BCUT2D eigenvalue weighted by Crippen LogP contribution is -2.23. The first kappa shape index (κ1) is 19.4. The first-order valence-corrected chi connectivity index (χ1v) is 8.32. The van der Waals surface area contributed by atoms with Gasteiger partial charge in [0.05, 0.1) is 15.1 Å². The molecule has 3 nitrogen and oxygen atoms in total. The fraction of sp³-hybridized carbons (Fsp3) is 0.538. The van der Waals surface area contributed by atoms with Gasteiger partial charge in [0, 0.05) is 19.8 Å². The molecule has 0 aliphatic carbocycles. The van der Waals surface area contributed by atoms with Crippen LogP contribution in [0.1, 0.15) is 13.3 Å². The van der Waals surface area contributed by atoms with Gasteiger partial charge in [-0.05, 0) is 19.9 Å². The molecule has 0 heterocycles. The van der Waals surface area contributed by atoms with Gasteiger partial charge in [-0.25, -0.2) is 0 Å². The molecule has 1 aromatic rings. The zero-order chi connectivity index (χ0) is 15.8. The summed E-state index contributed by atoms with van der Waals surface area (Å²) in [5.41, 5.74) is 0. The first-order valence-electron chi connectivity index (χ1n) is 6.43. The topological polar surface area (TPSA) is 30.5 Å². The molecule has 0 aromatic heterocycles. The van der Waals surface area contributed by atoms with Gasteiger partial charge in [0.1, 0.15) is 16.7 Å². The van der Waals surface area contributed by atoms with Crippen molar-refractivity contribution in [2.24, 2.45) is 0 Å². The molecule has 0 amide bonds. The molecule has 0 saturated carbocycles. The molecule has 120 valence electrons. The second-order valence-electron chi connectivity index (χ2n) is 4.05. The number of halogens is 5. The van der Waals surface area contributed by atoms with E-state index < -0.39 is 0 Å². The predicted molar refractivity (Wildman–Crippen MR) is 91.0 cm³/mol. The lowest BCUT2D eigenvalue weighted by atomic mass is 10.3. The Bertz CT molecular complexity index is 441. The molecule has 21 heavy (non-hydrogen) atoms. The van der Waals surface area contributed by atoms with Crippen molar-refractivity contribution >= 4 is 58.0 Å². The van der Waals surface area contributed by atoms with Crippen LogP contribution in [0.3, 0.4) is 0 Å². The molecule has 8 heteroatoms. The highest BCUT2D eigenvalue weighted by Gasteiger charge is 2.20. The van der Waals surface area contributed by atoms with Crippen LogP contribution in [0, 0.1) is 0 Å². The van der Waals surface area contributed by atoms with Gasteiger partial charge in [-0.3, -0.25) is 0 Å². The quantitative estimate of drug-likeness (QED) is 0.347. The van der Waals surface area contributed by atoms with Crippen LogP contribution in [0.4, 0.5) is 0 Å². The van der Waals surface area contributed by atoms with Crippen molar-refractivity contribution < 1.29 is 9.47 Å². The van der Waals surface area contributed by atoms with E-state index in [1.165, 1.54) is 0 Å². The molecule has 1 aromatic carbocycles. The van der Waals surface area contributed by atoms with E-state index in [4.69, 9.17) is 67.5 Å². The maximum absolute atomic E-state index is 6.05. The van der Waals surface area contributed by atoms with Crippen LogP contribution < -0.4 is 10.1 Å². The van der Waals surface area contributed by atoms with E-state index >= 15 is 0 Å².